The Morgan fingerprint density at radius 3 is 2.11 bits per heavy atom. The number of hydrogen-bond donors (Lipinski definition) is 0. The third-order valence-corrected chi connectivity index (χ3v) is 5.83. The predicted molar refractivity (Wildman–Crippen MR) is 115 cm³/mol. The fourth-order valence-electron chi connectivity index (χ4n) is 3.01. The van der Waals surface area contributed by atoms with E-state index in [-0.39, 0.29) is 11.4 Å². The van der Waals surface area contributed by atoms with Gasteiger partial charge in [0, 0.05) is 18.1 Å². The minimum Gasteiger partial charge on any atom is -0.466 e. The fraction of sp³-hybridized carbons (Fsp3) is 0.609. The molecule has 0 heterocycles. The SMILES string of the molecule is CCCCCCCCCCCC(=CC(=O)OC)C(OC)Sc1ccccc1. The number of benzene rings is 1. The van der Waals surface area contributed by atoms with Gasteiger partial charge in [-0.15, -0.1) is 0 Å². The lowest BCUT2D eigenvalue weighted by atomic mass is 10.0. The van der Waals surface area contributed by atoms with Crippen LogP contribution in [0.3, 0.4) is 0 Å². The summed E-state index contributed by atoms with van der Waals surface area (Å²) in [5, 5.41) is 0. The second-order valence-electron chi connectivity index (χ2n) is 6.82. The molecule has 0 aromatic heterocycles. The molecule has 0 spiro atoms. The maximum atomic E-state index is 11.8. The topological polar surface area (TPSA) is 35.5 Å². The second-order valence-corrected chi connectivity index (χ2v) is 7.95. The van der Waals surface area contributed by atoms with Gasteiger partial charge in [-0.25, -0.2) is 4.79 Å². The van der Waals surface area contributed by atoms with Gasteiger partial charge in [-0.3, -0.25) is 0 Å². The molecule has 1 aromatic carbocycles. The third kappa shape index (κ3) is 11.2. The number of carbonyl (C=O) groups excluding carboxylic acids is 1. The van der Waals surface area contributed by atoms with Gasteiger partial charge in [-0.1, -0.05) is 88.3 Å². The molecular weight excluding hydrogens is 356 g/mol. The monoisotopic (exact) mass is 392 g/mol. The molecule has 0 aliphatic carbocycles. The fourth-order valence-corrected chi connectivity index (χ4v) is 4.00. The van der Waals surface area contributed by atoms with Crippen LogP contribution in [0.2, 0.25) is 0 Å². The quantitative estimate of drug-likeness (QED) is 0.108. The molecule has 0 saturated heterocycles. The molecule has 152 valence electrons. The zero-order valence-corrected chi connectivity index (χ0v) is 18.1. The van der Waals surface area contributed by atoms with Crippen molar-refractivity contribution in [1.82, 2.24) is 0 Å². The average molecular weight is 393 g/mol. The molecule has 1 rings (SSSR count). The van der Waals surface area contributed by atoms with Crippen LogP contribution in [0.15, 0.2) is 46.9 Å². The van der Waals surface area contributed by atoms with Crippen LogP contribution in [-0.4, -0.2) is 25.6 Å². The van der Waals surface area contributed by atoms with Gasteiger partial charge in [0.05, 0.1) is 7.11 Å². The number of esters is 1. The van der Waals surface area contributed by atoms with E-state index < -0.39 is 0 Å². The maximum Gasteiger partial charge on any atom is 0.330 e. The van der Waals surface area contributed by atoms with Crippen molar-refractivity contribution in [3.63, 3.8) is 0 Å². The summed E-state index contributed by atoms with van der Waals surface area (Å²) >= 11 is 1.63. The molecule has 0 aliphatic rings. The van der Waals surface area contributed by atoms with Crippen molar-refractivity contribution in [1.29, 1.82) is 0 Å². The zero-order valence-electron chi connectivity index (χ0n) is 17.2. The first kappa shape index (κ1) is 23.8. The largest absolute Gasteiger partial charge is 0.466 e. The molecule has 1 atom stereocenters. The molecule has 1 aromatic rings. The lowest BCUT2D eigenvalue weighted by molar-refractivity contribution is -0.134. The van der Waals surface area contributed by atoms with Crippen LogP contribution in [0, 0.1) is 0 Å². The van der Waals surface area contributed by atoms with Crippen LogP contribution in [-0.2, 0) is 14.3 Å². The Morgan fingerprint density at radius 2 is 1.56 bits per heavy atom. The van der Waals surface area contributed by atoms with E-state index >= 15 is 0 Å². The van der Waals surface area contributed by atoms with E-state index in [0.717, 1.165) is 23.3 Å². The van der Waals surface area contributed by atoms with Crippen LogP contribution in [0.1, 0.15) is 71.1 Å². The van der Waals surface area contributed by atoms with Crippen LogP contribution >= 0.6 is 11.8 Å². The summed E-state index contributed by atoms with van der Waals surface area (Å²) in [4.78, 5) is 12.9. The number of carbonyl (C=O) groups is 1. The predicted octanol–water partition coefficient (Wildman–Crippen LogP) is 6.77. The van der Waals surface area contributed by atoms with Crippen LogP contribution in [0.25, 0.3) is 0 Å². The molecule has 0 N–H and O–H groups in total. The van der Waals surface area contributed by atoms with Crippen molar-refractivity contribution in [3.05, 3.63) is 42.0 Å². The second kappa shape index (κ2) is 15.8. The summed E-state index contributed by atoms with van der Waals surface area (Å²) in [7, 11) is 3.11. The average Bonchev–Trinajstić information content (AvgIpc) is 2.70. The normalized spacial score (nSPS) is 12.8. The zero-order chi connectivity index (χ0) is 19.7. The van der Waals surface area contributed by atoms with Gasteiger partial charge in [0.1, 0.15) is 5.44 Å². The van der Waals surface area contributed by atoms with E-state index in [1.54, 1.807) is 24.9 Å². The molecule has 1 unspecified atom stereocenters. The highest BCUT2D eigenvalue weighted by Crippen LogP contribution is 2.31. The number of thioether (sulfide) groups is 1. The smallest absolute Gasteiger partial charge is 0.330 e. The van der Waals surface area contributed by atoms with E-state index in [9.17, 15) is 4.79 Å². The van der Waals surface area contributed by atoms with Crippen molar-refractivity contribution in [2.75, 3.05) is 14.2 Å². The van der Waals surface area contributed by atoms with E-state index in [0.29, 0.717) is 0 Å². The van der Waals surface area contributed by atoms with Crippen LogP contribution in [0.4, 0.5) is 0 Å². The minimum absolute atomic E-state index is 0.166. The van der Waals surface area contributed by atoms with Crippen LogP contribution in [0.5, 0.6) is 0 Å². The third-order valence-electron chi connectivity index (χ3n) is 4.58. The summed E-state index contributed by atoms with van der Waals surface area (Å²) in [5.74, 6) is -0.309. The number of methoxy groups -OCH3 is 2. The Kier molecular flexibility index (Phi) is 13.9. The number of rotatable bonds is 15. The molecule has 0 saturated carbocycles. The van der Waals surface area contributed by atoms with Crippen molar-refractivity contribution in [2.45, 2.75) is 81.5 Å². The Balaban J connectivity index is 2.46. The maximum absolute atomic E-state index is 11.8. The molecule has 0 fully saturated rings. The molecule has 0 bridgehead atoms. The minimum atomic E-state index is -0.309. The summed E-state index contributed by atoms with van der Waals surface area (Å²) in [6.45, 7) is 2.25. The number of ether oxygens (including phenoxy) is 2. The van der Waals surface area contributed by atoms with E-state index in [4.69, 9.17) is 9.47 Å². The summed E-state index contributed by atoms with van der Waals surface area (Å²) in [5.41, 5.74) is 0.835. The lowest BCUT2D eigenvalue weighted by Gasteiger charge is -2.19. The first-order chi connectivity index (χ1) is 13.2. The summed E-state index contributed by atoms with van der Waals surface area (Å²) in [6.07, 6.45) is 14.1. The van der Waals surface area contributed by atoms with Gasteiger partial charge in [0.2, 0.25) is 0 Å². The van der Waals surface area contributed by atoms with E-state index in [2.05, 4.69) is 19.1 Å². The van der Waals surface area contributed by atoms with Crippen molar-refractivity contribution in [3.8, 4) is 0 Å². The first-order valence-electron chi connectivity index (χ1n) is 10.2. The molecule has 3 nitrogen and oxygen atoms in total. The molecular formula is C23H36O3S. The highest BCUT2D eigenvalue weighted by atomic mass is 32.2. The molecule has 27 heavy (non-hydrogen) atoms. The van der Waals surface area contributed by atoms with Gasteiger partial charge in [0.15, 0.2) is 0 Å². The summed E-state index contributed by atoms with van der Waals surface area (Å²) < 4.78 is 10.5. The Labute approximate surface area is 169 Å². The Morgan fingerprint density at radius 1 is 0.963 bits per heavy atom. The standard InChI is InChI=1S/C23H36O3S/c1-4-5-6-7-8-9-10-11-13-16-20(19-22(24)25-2)23(26-3)27-21-17-14-12-15-18-21/h12,14-15,17-19,23H,4-11,13,16H2,1-3H3. The van der Waals surface area contributed by atoms with Gasteiger partial charge in [-0.2, -0.15) is 0 Å². The summed E-state index contributed by atoms with van der Waals surface area (Å²) in [6, 6.07) is 10.1. The van der Waals surface area contributed by atoms with Gasteiger partial charge >= 0.3 is 5.97 Å². The Bertz CT molecular complexity index is 528. The van der Waals surface area contributed by atoms with E-state index in [1.807, 2.05) is 18.2 Å². The van der Waals surface area contributed by atoms with Gasteiger partial charge in [0.25, 0.3) is 0 Å². The van der Waals surface area contributed by atoms with Gasteiger partial charge < -0.3 is 9.47 Å². The van der Waals surface area contributed by atoms with E-state index in [1.165, 1.54) is 58.5 Å². The van der Waals surface area contributed by atoms with Crippen molar-refractivity contribution >= 4 is 17.7 Å². The first-order valence-corrected chi connectivity index (χ1v) is 11.1. The molecule has 0 aliphatic heterocycles. The number of unbranched alkanes of at least 4 members (excludes halogenated alkanes) is 8. The highest BCUT2D eigenvalue weighted by molar-refractivity contribution is 8.00. The highest BCUT2D eigenvalue weighted by Gasteiger charge is 2.17. The number of hydrogen-bond acceptors (Lipinski definition) is 4. The molecule has 4 heteroatoms. The lowest BCUT2D eigenvalue weighted by Crippen LogP contribution is -2.12. The van der Waals surface area contributed by atoms with Crippen LogP contribution < -0.4 is 0 Å². The van der Waals surface area contributed by atoms with Crippen molar-refractivity contribution in [2.24, 2.45) is 0 Å². The molecule has 0 radical (unpaired) electrons. The van der Waals surface area contributed by atoms with Gasteiger partial charge in [-0.05, 0) is 30.5 Å². The molecule has 0 amide bonds. The van der Waals surface area contributed by atoms with Crippen molar-refractivity contribution < 1.29 is 14.3 Å². The Hall–Kier alpha value is -1.26.